The second-order valence-electron chi connectivity index (χ2n) is 7.90. The lowest BCUT2D eigenvalue weighted by atomic mass is 10.0. The first-order chi connectivity index (χ1) is 13.2. The maximum Gasteiger partial charge on any atom is 0.195 e. The summed E-state index contributed by atoms with van der Waals surface area (Å²) >= 11 is 9.81. The Morgan fingerprint density at radius 2 is 1.96 bits per heavy atom. The molecule has 0 aliphatic heterocycles. The minimum atomic E-state index is -1.17. The Bertz CT molecular complexity index is 1010. The molecule has 1 aromatic carbocycles. The van der Waals surface area contributed by atoms with Crippen LogP contribution in [0.25, 0.3) is 11.0 Å². The highest BCUT2D eigenvalue weighted by atomic mass is 79.9. The van der Waals surface area contributed by atoms with Crippen LogP contribution in [0.4, 0.5) is 5.69 Å². The average molecular weight is 481 g/mol. The van der Waals surface area contributed by atoms with E-state index in [1.165, 1.54) is 6.20 Å². The third kappa shape index (κ3) is 4.65. The average Bonchev–Trinajstić information content (AvgIpc) is 2.93. The monoisotopic (exact) mass is 479 g/mol. The fourth-order valence-electron chi connectivity index (χ4n) is 2.84. The standard InChI is InChI=1S/C20H23BrClN3O2Si/c1-28(2,3)9-8-27-12-25-17(22)10-15-18(16(23)11-24-20(15)25)19(26)13-4-6-14(21)7-5-13/h4-7,10-11H,8-9,12,23H2,1-3H3. The molecule has 2 N–H and O–H groups in total. The predicted molar refractivity (Wildman–Crippen MR) is 121 cm³/mol. The van der Waals surface area contributed by atoms with Crippen LogP contribution in [0.15, 0.2) is 41.0 Å². The third-order valence-electron chi connectivity index (χ3n) is 4.45. The van der Waals surface area contributed by atoms with Crippen molar-refractivity contribution in [2.45, 2.75) is 32.4 Å². The van der Waals surface area contributed by atoms with Crippen molar-refractivity contribution in [1.29, 1.82) is 0 Å². The topological polar surface area (TPSA) is 70.1 Å². The number of benzene rings is 1. The van der Waals surface area contributed by atoms with E-state index in [1.54, 1.807) is 22.8 Å². The summed E-state index contributed by atoms with van der Waals surface area (Å²) in [5, 5.41) is 1.10. The summed E-state index contributed by atoms with van der Waals surface area (Å²) in [5.74, 6) is -0.161. The number of halogens is 2. The zero-order chi connectivity index (χ0) is 20.5. The lowest BCUT2D eigenvalue weighted by molar-refractivity contribution is 0.0900. The molecule has 28 heavy (non-hydrogen) atoms. The first kappa shape index (κ1) is 21.0. The summed E-state index contributed by atoms with van der Waals surface area (Å²) in [6, 6.07) is 9.97. The molecule has 0 unspecified atom stereocenters. The summed E-state index contributed by atoms with van der Waals surface area (Å²) in [4.78, 5) is 17.5. The minimum absolute atomic E-state index is 0.161. The summed E-state index contributed by atoms with van der Waals surface area (Å²) in [6.45, 7) is 7.87. The number of hydrogen-bond acceptors (Lipinski definition) is 4. The molecular formula is C20H23BrClN3O2Si. The van der Waals surface area contributed by atoms with Crippen LogP contribution < -0.4 is 5.73 Å². The van der Waals surface area contributed by atoms with Gasteiger partial charge >= 0.3 is 0 Å². The van der Waals surface area contributed by atoms with Crippen molar-refractivity contribution < 1.29 is 9.53 Å². The van der Waals surface area contributed by atoms with E-state index >= 15 is 0 Å². The molecule has 0 amide bonds. The fourth-order valence-corrected chi connectivity index (χ4v) is 4.10. The normalized spacial score (nSPS) is 11.9. The van der Waals surface area contributed by atoms with Crippen molar-refractivity contribution in [3.8, 4) is 0 Å². The molecule has 3 aromatic rings. The molecule has 148 valence electrons. The Morgan fingerprint density at radius 3 is 2.61 bits per heavy atom. The van der Waals surface area contributed by atoms with Gasteiger partial charge < -0.3 is 10.5 Å². The quantitative estimate of drug-likeness (QED) is 0.272. The molecule has 8 heteroatoms. The number of carbonyl (C=O) groups is 1. The molecule has 0 spiro atoms. The number of nitrogens with zero attached hydrogens (tertiary/aromatic N) is 2. The number of rotatable bonds is 7. The van der Waals surface area contributed by atoms with E-state index in [0.717, 1.165) is 10.5 Å². The van der Waals surface area contributed by atoms with Gasteiger partial charge in [0, 0.05) is 30.1 Å². The largest absolute Gasteiger partial charge is 0.397 e. The Kier molecular flexibility index (Phi) is 6.29. The smallest absolute Gasteiger partial charge is 0.195 e. The van der Waals surface area contributed by atoms with Gasteiger partial charge in [-0.2, -0.15) is 0 Å². The van der Waals surface area contributed by atoms with Crippen molar-refractivity contribution in [1.82, 2.24) is 9.55 Å². The van der Waals surface area contributed by atoms with E-state index in [1.807, 2.05) is 12.1 Å². The second kappa shape index (κ2) is 8.37. The van der Waals surface area contributed by atoms with Crippen molar-refractivity contribution in [2.24, 2.45) is 0 Å². The molecule has 3 rings (SSSR count). The van der Waals surface area contributed by atoms with Gasteiger partial charge in [0.1, 0.15) is 17.5 Å². The van der Waals surface area contributed by atoms with Crippen molar-refractivity contribution in [3.05, 3.63) is 57.3 Å². The van der Waals surface area contributed by atoms with Crippen LogP contribution in [0.5, 0.6) is 0 Å². The van der Waals surface area contributed by atoms with Gasteiger partial charge in [0.25, 0.3) is 0 Å². The number of ether oxygens (including phenoxy) is 1. The zero-order valence-electron chi connectivity index (χ0n) is 16.1. The van der Waals surface area contributed by atoms with Gasteiger partial charge in [0.05, 0.1) is 17.4 Å². The minimum Gasteiger partial charge on any atom is -0.397 e. The molecular weight excluding hydrogens is 458 g/mol. The zero-order valence-corrected chi connectivity index (χ0v) is 19.5. The highest BCUT2D eigenvalue weighted by molar-refractivity contribution is 9.10. The van der Waals surface area contributed by atoms with Gasteiger partial charge in [-0.15, -0.1) is 0 Å². The maximum atomic E-state index is 13.1. The summed E-state index contributed by atoms with van der Waals surface area (Å²) in [6.07, 6.45) is 1.50. The molecule has 0 atom stereocenters. The van der Waals surface area contributed by atoms with Crippen LogP contribution in [0.3, 0.4) is 0 Å². The van der Waals surface area contributed by atoms with Gasteiger partial charge in [0.2, 0.25) is 0 Å². The van der Waals surface area contributed by atoms with Gasteiger partial charge in [0.15, 0.2) is 5.78 Å². The van der Waals surface area contributed by atoms with Gasteiger partial charge in [-0.3, -0.25) is 9.36 Å². The SMILES string of the molecule is C[Si](C)(C)CCOCn1c(Cl)cc2c(C(=O)c3ccc(Br)cc3)c(N)cnc21. The number of carbonyl (C=O) groups excluding carboxylic acids is 1. The molecule has 0 saturated carbocycles. The summed E-state index contributed by atoms with van der Waals surface area (Å²) in [7, 11) is -1.17. The molecule has 0 radical (unpaired) electrons. The van der Waals surface area contributed by atoms with E-state index < -0.39 is 8.07 Å². The molecule has 2 aromatic heterocycles. The van der Waals surface area contributed by atoms with Gasteiger partial charge in [-0.25, -0.2) is 4.98 Å². The first-order valence-corrected chi connectivity index (χ1v) is 13.9. The first-order valence-electron chi connectivity index (χ1n) is 8.98. The Balaban J connectivity index is 1.93. The molecule has 0 aliphatic rings. The van der Waals surface area contributed by atoms with E-state index in [-0.39, 0.29) is 12.5 Å². The molecule has 5 nitrogen and oxygen atoms in total. The number of nitrogen functional groups attached to an aromatic ring is 1. The van der Waals surface area contributed by atoms with Crippen LogP contribution in [-0.4, -0.2) is 30.0 Å². The lowest BCUT2D eigenvalue weighted by Crippen LogP contribution is -2.22. The van der Waals surface area contributed by atoms with Crippen LogP contribution >= 0.6 is 27.5 Å². The number of anilines is 1. The predicted octanol–water partition coefficient (Wildman–Crippen LogP) is 5.58. The Morgan fingerprint density at radius 1 is 1.29 bits per heavy atom. The van der Waals surface area contributed by atoms with E-state index in [9.17, 15) is 4.79 Å². The number of nitrogens with two attached hydrogens (primary N) is 1. The Labute approximate surface area is 179 Å². The van der Waals surface area contributed by atoms with E-state index in [0.29, 0.717) is 39.6 Å². The fraction of sp³-hybridized carbons (Fsp3) is 0.300. The third-order valence-corrected chi connectivity index (χ3v) is 7.00. The lowest BCUT2D eigenvalue weighted by Gasteiger charge is -2.16. The highest BCUT2D eigenvalue weighted by Crippen LogP contribution is 2.30. The van der Waals surface area contributed by atoms with Crippen molar-refractivity contribution in [3.63, 3.8) is 0 Å². The molecule has 0 saturated heterocycles. The van der Waals surface area contributed by atoms with Crippen molar-refractivity contribution >= 4 is 58.1 Å². The van der Waals surface area contributed by atoms with Crippen LogP contribution in [0.1, 0.15) is 15.9 Å². The molecule has 2 heterocycles. The van der Waals surface area contributed by atoms with Gasteiger partial charge in [-0.05, 0) is 36.4 Å². The Hall–Kier alpha value is -1.67. The number of ketones is 1. The van der Waals surface area contributed by atoms with Crippen molar-refractivity contribution in [2.75, 3.05) is 12.3 Å². The number of fused-ring (bicyclic) bond motifs is 1. The number of hydrogen-bond donors (Lipinski definition) is 1. The maximum absolute atomic E-state index is 13.1. The van der Waals surface area contributed by atoms with E-state index in [2.05, 4.69) is 40.6 Å². The number of aromatic nitrogens is 2. The second-order valence-corrected chi connectivity index (χ2v) is 14.8. The highest BCUT2D eigenvalue weighted by Gasteiger charge is 2.21. The summed E-state index contributed by atoms with van der Waals surface area (Å²) < 4.78 is 8.49. The molecule has 0 aliphatic carbocycles. The van der Waals surface area contributed by atoms with Crippen LogP contribution in [0, 0.1) is 0 Å². The summed E-state index contributed by atoms with van der Waals surface area (Å²) in [5.41, 5.74) is 8.00. The van der Waals surface area contributed by atoms with E-state index in [4.69, 9.17) is 22.1 Å². The van der Waals surface area contributed by atoms with Crippen LogP contribution in [0.2, 0.25) is 30.8 Å². The van der Waals surface area contributed by atoms with Crippen LogP contribution in [-0.2, 0) is 11.5 Å². The van der Waals surface area contributed by atoms with Gasteiger partial charge in [-0.1, -0.05) is 47.2 Å². The number of pyridine rings is 1. The molecule has 0 fully saturated rings. The molecule has 0 bridgehead atoms.